The van der Waals surface area contributed by atoms with E-state index in [1.807, 2.05) is 26.0 Å². The number of carbonyl (C=O) groups excluding carboxylic acids is 1. The van der Waals surface area contributed by atoms with Crippen LogP contribution in [0.1, 0.15) is 49.7 Å². The molecule has 4 rings (SSSR count). The number of rotatable bonds is 5. The van der Waals surface area contributed by atoms with E-state index in [4.69, 9.17) is 0 Å². The molecule has 2 heterocycles. The summed E-state index contributed by atoms with van der Waals surface area (Å²) in [7, 11) is -3.54. The molecule has 0 aromatic heterocycles. The number of benzene rings is 1. The smallest absolute Gasteiger partial charge is 0.317 e. The number of urea groups is 1. The molecule has 8 heteroatoms. The molecule has 3 fully saturated rings. The van der Waals surface area contributed by atoms with E-state index in [1.165, 1.54) is 36.5 Å². The highest BCUT2D eigenvalue weighted by atomic mass is 32.2. The lowest BCUT2D eigenvalue weighted by atomic mass is 10.0. The van der Waals surface area contributed by atoms with Gasteiger partial charge in [0, 0.05) is 51.9 Å². The van der Waals surface area contributed by atoms with Crippen LogP contribution in [0.5, 0.6) is 0 Å². The van der Waals surface area contributed by atoms with Gasteiger partial charge in [-0.05, 0) is 62.6 Å². The van der Waals surface area contributed by atoms with E-state index in [0.29, 0.717) is 31.1 Å². The topological polar surface area (TPSA) is 73.0 Å². The Morgan fingerprint density at radius 1 is 0.969 bits per heavy atom. The zero-order valence-corrected chi connectivity index (χ0v) is 20.4. The Kier molecular flexibility index (Phi) is 7.42. The van der Waals surface area contributed by atoms with Gasteiger partial charge in [0.2, 0.25) is 10.0 Å². The number of amides is 2. The molecule has 178 valence electrons. The number of nitrogens with zero attached hydrogens (tertiary/aromatic N) is 3. The Bertz CT molecular complexity index is 898. The highest BCUT2D eigenvalue weighted by molar-refractivity contribution is 7.89. The molecule has 0 bridgehead atoms. The van der Waals surface area contributed by atoms with E-state index in [2.05, 4.69) is 10.2 Å². The molecule has 32 heavy (non-hydrogen) atoms. The molecule has 0 radical (unpaired) electrons. The molecule has 2 saturated heterocycles. The van der Waals surface area contributed by atoms with Gasteiger partial charge in [-0.3, -0.25) is 0 Å². The summed E-state index contributed by atoms with van der Waals surface area (Å²) in [5.41, 5.74) is 1.69. The maximum atomic E-state index is 13.1. The normalized spacial score (nSPS) is 22.4. The van der Waals surface area contributed by atoms with Crippen molar-refractivity contribution in [2.75, 3.05) is 45.8 Å². The molecule has 1 N–H and O–H groups in total. The Morgan fingerprint density at radius 3 is 2.28 bits per heavy atom. The van der Waals surface area contributed by atoms with Gasteiger partial charge in [0.05, 0.1) is 4.90 Å². The van der Waals surface area contributed by atoms with Crippen LogP contribution in [0.2, 0.25) is 0 Å². The third-order valence-electron chi connectivity index (χ3n) is 7.39. The zero-order valence-electron chi connectivity index (χ0n) is 19.6. The molecular weight excluding hydrogens is 424 g/mol. The number of hydrogen-bond donors (Lipinski definition) is 1. The minimum absolute atomic E-state index is 0.0528. The highest BCUT2D eigenvalue weighted by Gasteiger charge is 2.32. The standard InChI is InChI=1S/C24H38N4O3S/c1-19-7-8-20(2)23(17-19)32(30,31)28-15-13-27(14-16-28)24(29)25-22-9-11-26(12-10-22)18-21-5-3-4-6-21/h7-8,17,21-22H,3-6,9-16,18H2,1-2H3,(H,25,29). The van der Waals surface area contributed by atoms with E-state index in [0.717, 1.165) is 43.0 Å². The van der Waals surface area contributed by atoms with Crippen molar-refractivity contribution in [2.24, 2.45) is 5.92 Å². The fourth-order valence-electron chi connectivity index (χ4n) is 5.34. The van der Waals surface area contributed by atoms with Crippen LogP contribution < -0.4 is 5.32 Å². The average Bonchev–Trinajstić information content (AvgIpc) is 3.30. The SMILES string of the molecule is Cc1ccc(C)c(S(=O)(=O)N2CCN(C(=O)NC3CCN(CC4CCCC4)CC3)CC2)c1. The van der Waals surface area contributed by atoms with Crippen molar-refractivity contribution in [2.45, 2.75) is 63.3 Å². The summed E-state index contributed by atoms with van der Waals surface area (Å²) in [6.45, 7) is 8.60. The van der Waals surface area contributed by atoms with Gasteiger partial charge < -0.3 is 15.1 Å². The van der Waals surface area contributed by atoms with E-state index >= 15 is 0 Å². The number of carbonyl (C=O) groups is 1. The number of likely N-dealkylation sites (tertiary alicyclic amines) is 1. The number of sulfonamides is 1. The molecule has 1 aromatic rings. The first kappa shape index (κ1) is 23.5. The van der Waals surface area contributed by atoms with E-state index in [9.17, 15) is 13.2 Å². The monoisotopic (exact) mass is 462 g/mol. The average molecular weight is 463 g/mol. The second-order valence-electron chi connectivity index (χ2n) is 9.83. The van der Waals surface area contributed by atoms with Crippen LogP contribution >= 0.6 is 0 Å². The van der Waals surface area contributed by atoms with Gasteiger partial charge in [0.15, 0.2) is 0 Å². The van der Waals surface area contributed by atoms with Crippen LogP contribution in [0.15, 0.2) is 23.1 Å². The third kappa shape index (κ3) is 5.46. The summed E-state index contributed by atoms with van der Waals surface area (Å²) < 4.78 is 27.7. The molecule has 0 unspecified atom stereocenters. The van der Waals surface area contributed by atoms with Crippen LogP contribution in [-0.4, -0.2) is 80.4 Å². The summed E-state index contributed by atoms with van der Waals surface area (Å²) in [6, 6.07) is 5.69. The minimum atomic E-state index is -3.54. The van der Waals surface area contributed by atoms with Crippen molar-refractivity contribution < 1.29 is 13.2 Å². The summed E-state index contributed by atoms with van der Waals surface area (Å²) in [5, 5.41) is 3.20. The van der Waals surface area contributed by atoms with Crippen LogP contribution in [0.4, 0.5) is 4.79 Å². The van der Waals surface area contributed by atoms with E-state index in [1.54, 1.807) is 11.0 Å². The van der Waals surface area contributed by atoms with Crippen LogP contribution in [-0.2, 0) is 10.0 Å². The Hall–Kier alpha value is -1.64. The molecule has 1 aliphatic carbocycles. The minimum Gasteiger partial charge on any atom is -0.335 e. The van der Waals surface area contributed by atoms with Crippen LogP contribution in [0.25, 0.3) is 0 Å². The maximum absolute atomic E-state index is 13.1. The fourth-order valence-corrected chi connectivity index (χ4v) is 7.07. The molecular formula is C24H38N4O3S. The van der Waals surface area contributed by atoms with Gasteiger partial charge >= 0.3 is 6.03 Å². The first-order chi connectivity index (χ1) is 15.3. The Morgan fingerprint density at radius 2 is 1.62 bits per heavy atom. The summed E-state index contributed by atoms with van der Waals surface area (Å²) in [5.74, 6) is 0.873. The van der Waals surface area contributed by atoms with Crippen molar-refractivity contribution in [3.8, 4) is 0 Å². The summed E-state index contributed by atoms with van der Waals surface area (Å²) in [6.07, 6.45) is 7.52. The molecule has 3 aliphatic rings. The number of hydrogen-bond acceptors (Lipinski definition) is 4. The van der Waals surface area contributed by atoms with Gasteiger partial charge in [0.25, 0.3) is 0 Å². The Balaban J connectivity index is 1.24. The number of piperidine rings is 1. The number of aryl methyl sites for hydroxylation is 2. The lowest BCUT2D eigenvalue weighted by Gasteiger charge is -2.37. The molecule has 2 amide bonds. The third-order valence-corrected chi connectivity index (χ3v) is 9.43. The van der Waals surface area contributed by atoms with Gasteiger partial charge in [-0.2, -0.15) is 4.31 Å². The van der Waals surface area contributed by atoms with E-state index < -0.39 is 10.0 Å². The van der Waals surface area contributed by atoms with Gasteiger partial charge in [-0.1, -0.05) is 25.0 Å². The lowest BCUT2D eigenvalue weighted by Crippen LogP contribution is -2.55. The van der Waals surface area contributed by atoms with Crippen LogP contribution in [0, 0.1) is 19.8 Å². The van der Waals surface area contributed by atoms with Crippen molar-refractivity contribution >= 4 is 16.1 Å². The van der Waals surface area contributed by atoms with Gasteiger partial charge in [0.1, 0.15) is 0 Å². The first-order valence-electron chi connectivity index (χ1n) is 12.2. The van der Waals surface area contributed by atoms with E-state index in [-0.39, 0.29) is 12.1 Å². The Labute approximate surface area is 193 Å². The molecule has 7 nitrogen and oxygen atoms in total. The second-order valence-corrected chi connectivity index (χ2v) is 11.7. The summed E-state index contributed by atoms with van der Waals surface area (Å²) >= 11 is 0. The molecule has 2 aliphatic heterocycles. The van der Waals surface area contributed by atoms with Gasteiger partial charge in [-0.25, -0.2) is 13.2 Å². The highest BCUT2D eigenvalue weighted by Crippen LogP contribution is 2.27. The summed E-state index contributed by atoms with van der Waals surface area (Å²) in [4.78, 5) is 17.5. The molecule has 0 spiro atoms. The van der Waals surface area contributed by atoms with Crippen molar-refractivity contribution in [1.82, 2.24) is 19.4 Å². The molecule has 0 atom stereocenters. The van der Waals surface area contributed by atoms with Gasteiger partial charge in [-0.15, -0.1) is 0 Å². The second kappa shape index (κ2) is 10.1. The number of piperazine rings is 1. The van der Waals surface area contributed by atoms with Crippen LogP contribution in [0.3, 0.4) is 0 Å². The quantitative estimate of drug-likeness (QED) is 0.730. The maximum Gasteiger partial charge on any atom is 0.317 e. The van der Waals surface area contributed by atoms with Crippen molar-refractivity contribution in [3.05, 3.63) is 29.3 Å². The predicted octanol–water partition coefficient (Wildman–Crippen LogP) is 2.97. The number of nitrogens with one attached hydrogen (secondary N) is 1. The fraction of sp³-hybridized carbons (Fsp3) is 0.708. The first-order valence-corrected chi connectivity index (χ1v) is 13.6. The predicted molar refractivity (Wildman–Crippen MR) is 126 cm³/mol. The zero-order chi connectivity index (χ0) is 22.7. The molecule has 1 saturated carbocycles. The lowest BCUT2D eigenvalue weighted by molar-refractivity contribution is 0.149. The van der Waals surface area contributed by atoms with Crippen molar-refractivity contribution in [3.63, 3.8) is 0 Å². The van der Waals surface area contributed by atoms with Crippen molar-refractivity contribution in [1.29, 1.82) is 0 Å². The largest absolute Gasteiger partial charge is 0.335 e. The molecule has 1 aromatic carbocycles.